The van der Waals surface area contributed by atoms with Crippen LogP contribution in [-0.2, 0) is 0 Å². The first-order chi connectivity index (χ1) is 14.4. The number of hydrogen-bond acceptors (Lipinski definition) is 3. The van der Waals surface area contributed by atoms with Gasteiger partial charge in [0, 0.05) is 11.8 Å². The van der Waals surface area contributed by atoms with Crippen LogP contribution in [0.2, 0.25) is 0 Å². The number of aliphatic hydroxyl groups excluding tert-OH is 1. The van der Waals surface area contributed by atoms with E-state index in [-0.39, 0.29) is 11.3 Å². The van der Waals surface area contributed by atoms with Crippen LogP contribution in [-0.4, -0.2) is 32.6 Å². The number of rotatable bonds is 6. The Kier molecular flexibility index (Phi) is 5.68. The molecule has 0 spiro atoms. The van der Waals surface area contributed by atoms with E-state index >= 15 is 0 Å². The lowest BCUT2D eigenvalue weighted by molar-refractivity contribution is 0.0607. The van der Waals surface area contributed by atoms with Crippen LogP contribution in [0.3, 0.4) is 0 Å². The molecular formula is C28H44O3. The lowest BCUT2D eigenvalue weighted by Gasteiger charge is -2.44. The molecule has 4 aliphatic rings. The normalized spacial score (nSPS) is 46.4. The van der Waals surface area contributed by atoms with Gasteiger partial charge in [0.25, 0.3) is 0 Å². The molecule has 0 heterocycles. The van der Waals surface area contributed by atoms with E-state index in [4.69, 9.17) is 0 Å². The molecule has 4 fully saturated rings. The second-order valence-corrected chi connectivity index (χ2v) is 12.2. The molecule has 0 amide bonds. The van der Waals surface area contributed by atoms with Crippen molar-refractivity contribution in [1.82, 2.24) is 0 Å². The summed E-state index contributed by atoms with van der Waals surface area (Å²) < 4.78 is 0. The first-order valence-corrected chi connectivity index (χ1v) is 12.6. The van der Waals surface area contributed by atoms with E-state index in [1.165, 1.54) is 32.1 Å². The van der Waals surface area contributed by atoms with Crippen molar-refractivity contribution in [2.24, 2.45) is 34.5 Å². The summed E-state index contributed by atoms with van der Waals surface area (Å²) in [5, 5.41) is 31.7. The maximum atomic E-state index is 10.8. The Morgan fingerprint density at radius 1 is 1.26 bits per heavy atom. The Morgan fingerprint density at radius 2 is 1.97 bits per heavy atom. The molecule has 1 unspecified atom stereocenters. The van der Waals surface area contributed by atoms with Gasteiger partial charge in [0.05, 0.1) is 17.3 Å². The second-order valence-electron chi connectivity index (χ2n) is 12.2. The maximum absolute atomic E-state index is 10.8. The van der Waals surface area contributed by atoms with Gasteiger partial charge in [0.1, 0.15) is 0 Å². The highest BCUT2D eigenvalue weighted by atomic mass is 16.3. The van der Waals surface area contributed by atoms with Crippen LogP contribution in [0.15, 0.2) is 36.0 Å². The van der Waals surface area contributed by atoms with Gasteiger partial charge < -0.3 is 15.3 Å². The molecule has 0 aromatic rings. The molecule has 3 nitrogen and oxygen atoms in total. The summed E-state index contributed by atoms with van der Waals surface area (Å²) in [5.41, 5.74) is 0.999. The van der Waals surface area contributed by atoms with Crippen molar-refractivity contribution in [3.63, 3.8) is 0 Å². The van der Waals surface area contributed by atoms with Crippen LogP contribution in [0, 0.1) is 34.5 Å². The van der Waals surface area contributed by atoms with Crippen molar-refractivity contribution in [3.05, 3.63) is 36.0 Å². The quantitative estimate of drug-likeness (QED) is 0.485. The van der Waals surface area contributed by atoms with Gasteiger partial charge in [-0.3, -0.25) is 0 Å². The minimum Gasteiger partial charge on any atom is -0.389 e. The van der Waals surface area contributed by atoms with Gasteiger partial charge in [-0.25, -0.2) is 0 Å². The molecular weight excluding hydrogens is 384 g/mol. The van der Waals surface area contributed by atoms with E-state index in [0.717, 1.165) is 18.4 Å². The molecule has 0 saturated heterocycles. The Balaban J connectivity index is 1.49. The minimum atomic E-state index is -0.751. The molecule has 0 aromatic carbocycles. The Hall–Kier alpha value is -0.900. The lowest BCUT2D eigenvalue weighted by atomic mass is 9.61. The van der Waals surface area contributed by atoms with Gasteiger partial charge in [-0.15, -0.1) is 0 Å². The molecule has 0 aliphatic heterocycles. The predicted octanol–water partition coefficient (Wildman–Crippen LogP) is 5.56. The first-order valence-electron chi connectivity index (χ1n) is 12.6. The summed E-state index contributed by atoms with van der Waals surface area (Å²) in [6.45, 7) is 15.0. The van der Waals surface area contributed by atoms with Crippen molar-refractivity contribution in [1.29, 1.82) is 0 Å². The molecule has 174 valence electrons. The van der Waals surface area contributed by atoms with Crippen molar-refractivity contribution < 1.29 is 15.3 Å². The molecule has 4 saturated carbocycles. The number of aliphatic hydroxyl groups is 3. The lowest BCUT2D eigenvalue weighted by Crippen LogP contribution is -2.36. The average Bonchev–Trinajstić information content (AvgIpc) is 3.02. The van der Waals surface area contributed by atoms with Crippen LogP contribution in [0.4, 0.5) is 0 Å². The summed E-state index contributed by atoms with van der Waals surface area (Å²) in [5.74, 6) is 1.92. The Labute approximate surface area is 189 Å². The largest absolute Gasteiger partial charge is 0.389 e. The molecule has 8 atom stereocenters. The fourth-order valence-electron chi connectivity index (χ4n) is 7.46. The Morgan fingerprint density at radius 3 is 2.58 bits per heavy atom. The summed E-state index contributed by atoms with van der Waals surface area (Å²) in [7, 11) is 0. The summed E-state index contributed by atoms with van der Waals surface area (Å²) >= 11 is 0. The van der Waals surface area contributed by atoms with Crippen LogP contribution < -0.4 is 0 Å². The van der Waals surface area contributed by atoms with Gasteiger partial charge in [-0.05, 0) is 86.5 Å². The molecule has 3 N–H and O–H groups in total. The molecule has 31 heavy (non-hydrogen) atoms. The van der Waals surface area contributed by atoms with Gasteiger partial charge in [0.15, 0.2) is 0 Å². The van der Waals surface area contributed by atoms with Gasteiger partial charge in [-0.1, -0.05) is 58.1 Å². The van der Waals surface area contributed by atoms with E-state index in [1.807, 2.05) is 13.0 Å². The van der Waals surface area contributed by atoms with E-state index in [1.54, 1.807) is 5.57 Å². The van der Waals surface area contributed by atoms with E-state index in [9.17, 15) is 15.3 Å². The first kappa shape index (κ1) is 23.3. The maximum Gasteiger partial charge on any atom is 0.0822 e. The van der Waals surface area contributed by atoms with Crippen molar-refractivity contribution in [2.45, 2.75) is 103 Å². The third-order valence-electron chi connectivity index (χ3n) is 10.2. The molecule has 3 heteroatoms. The SMILES string of the molecule is C=C1[C@@H](O)C[C@@]2(O)CC12C/C=C1\CCC[C@]2(C)[C@@H]([C@H](C)/C=C/[C@@](C)(O)C(C)C)CC[C@@H]12. The zero-order valence-electron chi connectivity index (χ0n) is 20.3. The summed E-state index contributed by atoms with van der Waals surface area (Å²) in [4.78, 5) is 0. The van der Waals surface area contributed by atoms with E-state index in [2.05, 4.69) is 46.4 Å². The summed E-state index contributed by atoms with van der Waals surface area (Å²) in [6.07, 6.45) is 14.4. The fraction of sp³-hybridized carbons (Fsp3) is 0.786. The monoisotopic (exact) mass is 428 g/mol. The third-order valence-corrected chi connectivity index (χ3v) is 10.2. The van der Waals surface area contributed by atoms with Crippen LogP contribution in [0.5, 0.6) is 0 Å². The Bertz CT molecular complexity index is 792. The zero-order chi connectivity index (χ0) is 22.8. The number of hydrogen-bond donors (Lipinski definition) is 3. The molecule has 0 bridgehead atoms. The standard InChI is InChI=1S/C28H44O3/c1-18(2)26(6,30)14-11-19(3)22-9-10-23-21(8-7-13-25(22,23)5)12-15-27-17-28(27,31)16-24(29)20(27)4/h11-12,14,18-19,22-24,29-31H,4,7-10,13,15-17H2,1-3,5-6H3/b14-11+,21-12+/t19-,22-,23+,24+,25-,26-,27?,28-/m1/s1. The van der Waals surface area contributed by atoms with Crippen molar-refractivity contribution in [3.8, 4) is 0 Å². The second kappa shape index (κ2) is 7.57. The summed E-state index contributed by atoms with van der Waals surface area (Å²) in [6, 6.07) is 0. The van der Waals surface area contributed by atoms with E-state index in [0.29, 0.717) is 29.6 Å². The highest BCUT2D eigenvalue weighted by molar-refractivity contribution is 5.42. The van der Waals surface area contributed by atoms with Gasteiger partial charge in [-0.2, -0.15) is 0 Å². The fourth-order valence-corrected chi connectivity index (χ4v) is 7.46. The predicted molar refractivity (Wildman–Crippen MR) is 126 cm³/mol. The minimum absolute atomic E-state index is 0.205. The highest BCUT2D eigenvalue weighted by Gasteiger charge is 2.73. The topological polar surface area (TPSA) is 60.7 Å². The van der Waals surface area contributed by atoms with Crippen molar-refractivity contribution >= 4 is 0 Å². The van der Waals surface area contributed by atoms with Crippen LogP contribution in [0.1, 0.15) is 86.0 Å². The van der Waals surface area contributed by atoms with Gasteiger partial charge in [0.2, 0.25) is 0 Å². The third kappa shape index (κ3) is 3.60. The molecule has 4 aliphatic carbocycles. The molecule has 0 aromatic heterocycles. The smallest absolute Gasteiger partial charge is 0.0822 e. The molecule has 0 radical (unpaired) electrons. The number of fused-ring (bicyclic) bond motifs is 2. The van der Waals surface area contributed by atoms with Crippen molar-refractivity contribution in [2.75, 3.05) is 0 Å². The highest BCUT2D eigenvalue weighted by Crippen LogP contribution is 2.71. The van der Waals surface area contributed by atoms with Gasteiger partial charge >= 0.3 is 0 Å². The molecule has 4 rings (SSSR count). The average molecular weight is 429 g/mol. The van der Waals surface area contributed by atoms with Crippen LogP contribution >= 0.6 is 0 Å². The number of allylic oxidation sites excluding steroid dienone is 3. The van der Waals surface area contributed by atoms with Crippen LogP contribution in [0.25, 0.3) is 0 Å². The zero-order valence-corrected chi connectivity index (χ0v) is 20.3. The van der Waals surface area contributed by atoms with E-state index < -0.39 is 17.3 Å².